The molecule has 0 aliphatic carbocycles. The van der Waals surface area contributed by atoms with Crippen LogP contribution in [0.4, 0.5) is 4.39 Å². The van der Waals surface area contributed by atoms with Gasteiger partial charge in [0.2, 0.25) is 10.0 Å². The third-order valence-electron chi connectivity index (χ3n) is 5.57. The minimum absolute atomic E-state index is 0.0376. The summed E-state index contributed by atoms with van der Waals surface area (Å²) in [6.45, 7) is 4.85. The Balaban J connectivity index is 1.50. The van der Waals surface area contributed by atoms with E-state index in [-0.39, 0.29) is 36.1 Å². The maximum absolute atomic E-state index is 13.2. The number of hydrogen-bond donors (Lipinski definition) is 0. The molecule has 1 aliphatic heterocycles. The summed E-state index contributed by atoms with van der Waals surface area (Å²) in [6, 6.07) is 12.5. The van der Waals surface area contributed by atoms with Crippen LogP contribution in [0.5, 0.6) is 0 Å². The highest BCUT2D eigenvalue weighted by Crippen LogP contribution is 2.20. The lowest BCUT2D eigenvalue weighted by molar-refractivity contribution is 0.0757. The largest absolute Gasteiger partial charge is 0.336 e. The first-order valence-corrected chi connectivity index (χ1v) is 11.8. The van der Waals surface area contributed by atoms with E-state index < -0.39 is 15.8 Å². The molecule has 0 unspecified atom stereocenters. The van der Waals surface area contributed by atoms with Gasteiger partial charge in [-0.3, -0.25) is 4.79 Å². The van der Waals surface area contributed by atoms with E-state index in [9.17, 15) is 17.6 Å². The van der Waals surface area contributed by atoms with Gasteiger partial charge in [-0.2, -0.15) is 4.31 Å². The predicted octanol–water partition coefficient (Wildman–Crippen LogP) is 2.56. The van der Waals surface area contributed by atoms with Crippen LogP contribution in [0.25, 0.3) is 5.69 Å². The highest BCUT2D eigenvalue weighted by atomic mass is 32.2. The second kappa shape index (κ2) is 8.79. The van der Waals surface area contributed by atoms with Crippen LogP contribution in [0.1, 0.15) is 28.2 Å². The van der Waals surface area contributed by atoms with Gasteiger partial charge in [-0.15, -0.1) is 5.10 Å². The zero-order valence-electron chi connectivity index (χ0n) is 17.9. The van der Waals surface area contributed by atoms with Crippen LogP contribution < -0.4 is 0 Å². The molecule has 0 atom stereocenters. The number of aryl methyl sites for hydroxylation is 1. The molecule has 0 N–H and O–H groups in total. The van der Waals surface area contributed by atoms with Crippen LogP contribution >= 0.6 is 0 Å². The second-order valence-electron chi connectivity index (χ2n) is 7.77. The van der Waals surface area contributed by atoms with E-state index >= 15 is 0 Å². The molecular formula is C22H24FN5O3S. The van der Waals surface area contributed by atoms with Crippen LogP contribution in [-0.2, 0) is 10.0 Å². The molecule has 0 radical (unpaired) electrons. The van der Waals surface area contributed by atoms with E-state index in [2.05, 4.69) is 10.3 Å². The molecule has 1 saturated heterocycles. The summed E-state index contributed by atoms with van der Waals surface area (Å²) in [4.78, 5) is 14.8. The molecule has 0 spiro atoms. The van der Waals surface area contributed by atoms with Crippen LogP contribution in [-0.4, -0.2) is 64.7 Å². The SMILES string of the molecule is Cc1ccc(-n2nnc(C(=O)N3CCCN(S(=O)(=O)c4ccc(F)cc4)CC3)c2C)cc1. The van der Waals surface area contributed by atoms with Gasteiger partial charge in [0.1, 0.15) is 5.82 Å². The van der Waals surface area contributed by atoms with Crippen LogP contribution in [0.15, 0.2) is 53.4 Å². The van der Waals surface area contributed by atoms with E-state index in [0.29, 0.717) is 18.7 Å². The Morgan fingerprint density at radius 2 is 1.62 bits per heavy atom. The minimum Gasteiger partial charge on any atom is -0.336 e. The highest BCUT2D eigenvalue weighted by molar-refractivity contribution is 7.89. The predicted molar refractivity (Wildman–Crippen MR) is 117 cm³/mol. The normalized spacial score (nSPS) is 15.5. The van der Waals surface area contributed by atoms with Crippen molar-refractivity contribution in [1.29, 1.82) is 0 Å². The molecule has 10 heteroatoms. The van der Waals surface area contributed by atoms with Gasteiger partial charge in [-0.1, -0.05) is 22.9 Å². The zero-order chi connectivity index (χ0) is 22.9. The Morgan fingerprint density at radius 1 is 0.938 bits per heavy atom. The molecular weight excluding hydrogens is 433 g/mol. The average Bonchev–Trinajstić information content (AvgIpc) is 2.98. The van der Waals surface area contributed by atoms with Gasteiger partial charge in [-0.25, -0.2) is 17.5 Å². The van der Waals surface area contributed by atoms with Crippen molar-refractivity contribution in [3.63, 3.8) is 0 Å². The van der Waals surface area contributed by atoms with Crippen LogP contribution in [0.3, 0.4) is 0 Å². The Bertz CT molecular complexity index is 1220. The number of aromatic nitrogens is 3. The van der Waals surface area contributed by atoms with Gasteiger partial charge in [0.05, 0.1) is 16.3 Å². The molecule has 3 aromatic rings. The summed E-state index contributed by atoms with van der Waals surface area (Å²) in [5.74, 6) is -0.771. The van der Waals surface area contributed by atoms with Crippen molar-refractivity contribution in [2.75, 3.05) is 26.2 Å². The van der Waals surface area contributed by atoms with Gasteiger partial charge in [0.15, 0.2) is 5.69 Å². The summed E-state index contributed by atoms with van der Waals surface area (Å²) in [7, 11) is -3.76. The van der Waals surface area contributed by atoms with Gasteiger partial charge in [0, 0.05) is 26.2 Å². The van der Waals surface area contributed by atoms with Gasteiger partial charge >= 0.3 is 0 Å². The third-order valence-corrected chi connectivity index (χ3v) is 7.48. The van der Waals surface area contributed by atoms with E-state index in [1.54, 1.807) is 16.5 Å². The molecule has 1 fully saturated rings. The van der Waals surface area contributed by atoms with Gasteiger partial charge < -0.3 is 4.90 Å². The molecule has 2 heterocycles. The number of halogens is 1. The van der Waals surface area contributed by atoms with Crippen molar-refractivity contribution in [2.45, 2.75) is 25.2 Å². The average molecular weight is 458 g/mol. The molecule has 4 rings (SSSR count). The zero-order valence-corrected chi connectivity index (χ0v) is 18.7. The molecule has 168 valence electrons. The Morgan fingerprint density at radius 3 is 2.31 bits per heavy atom. The van der Waals surface area contributed by atoms with E-state index in [4.69, 9.17) is 0 Å². The Labute approximate surface area is 186 Å². The Hall–Kier alpha value is -3.11. The number of carbonyl (C=O) groups is 1. The maximum atomic E-state index is 13.2. The molecule has 0 saturated carbocycles. The summed E-state index contributed by atoms with van der Waals surface area (Å²) in [6.07, 6.45) is 0.483. The second-order valence-corrected chi connectivity index (χ2v) is 9.71. The quantitative estimate of drug-likeness (QED) is 0.601. The van der Waals surface area contributed by atoms with Crippen molar-refractivity contribution in [2.24, 2.45) is 0 Å². The summed E-state index contributed by atoms with van der Waals surface area (Å²) in [5, 5.41) is 8.24. The standard InChI is InChI=1S/C22H24FN5O3S/c1-16-4-8-19(9-5-16)28-17(2)21(24-25-28)22(29)26-12-3-13-27(15-14-26)32(30,31)20-10-6-18(23)7-11-20/h4-11H,3,12-15H2,1-2H3. The number of sulfonamides is 1. The lowest BCUT2D eigenvalue weighted by atomic mass is 10.2. The number of amides is 1. The molecule has 32 heavy (non-hydrogen) atoms. The molecule has 1 amide bonds. The first kappa shape index (κ1) is 22.1. The van der Waals surface area contributed by atoms with Crippen molar-refractivity contribution in [3.8, 4) is 5.69 Å². The van der Waals surface area contributed by atoms with Crippen molar-refractivity contribution in [1.82, 2.24) is 24.2 Å². The Kier molecular flexibility index (Phi) is 6.07. The summed E-state index contributed by atoms with van der Waals surface area (Å²) in [5.41, 5.74) is 2.80. The monoisotopic (exact) mass is 457 g/mol. The fraction of sp³-hybridized carbons (Fsp3) is 0.318. The third kappa shape index (κ3) is 4.28. The fourth-order valence-electron chi connectivity index (χ4n) is 3.70. The number of hydrogen-bond acceptors (Lipinski definition) is 5. The van der Waals surface area contributed by atoms with E-state index in [1.165, 1.54) is 16.4 Å². The number of rotatable bonds is 4. The van der Waals surface area contributed by atoms with Crippen molar-refractivity contribution in [3.05, 3.63) is 71.3 Å². The van der Waals surface area contributed by atoms with Crippen molar-refractivity contribution < 1.29 is 17.6 Å². The van der Waals surface area contributed by atoms with E-state index in [1.807, 2.05) is 31.2 Å². The molecule has 2 aromatic carbocycles. The number of benzene rings is 2. The summed E-state index contributed by atoms with van der Waals surface area (Å²) < 4.78 is 42.0. The molecule has 1 aromatic heterocycles. The lowest BCUT2D eigenvalue weighted by Gasteiger charge is -2.21. The van der Waals surface area contributed by atoms with E-state index in [0.717, 1.165) is 23.4 Å². The number of nitrogens with zero attached hydrogens (tertiary/aromatic N) is 5. The first-order valence-electron chi connectivity index (χ1n) is 10.3. The van der Waals surface area contributed by atoms with Crippen LogP contribution in [0.2, 0.25) is 0 Å². The summed E-state index contributed by atoms with van der Waals surface area (Å²) >= 11 is 0. The van der Waals surface area contributed by atoms with Crippen molar-refractivity contribution >= 4 is 15.9 Å². The first-order chi connectivity index (χ1) is 15.3. The fourth-order valence-corrected chi connectivity index (χ4v) is 5.17. The lowest BCUT2D eigenvalue weighted by Crippen LogP contribution is -2.37. The maximum Gasteiger partial charge on any atom is 0.276 e. The molecule has 8 nitrogen and oxygen atoms in total. The van der Waals surface area contributed by atoms with Crippen LogP contribution in [0, 0.1) is 19.7 Å². The minimum atomic E-state index is -3.76. The topological polar surface area (TPSA) is 88.4 Å². The molecule has 0 bridgehead atoms. The van der Waals surface area contributed by atoms with Gasteiger partial charge in [-0.05, 0) is 56.7 Å². The highest BCUT2D eigenvalue weighted by Gasteiger charge is 2.30. The molecule has 1 aliphatic rings. The van der Waals surface area contributed by atoms with Gasteiger partial charge in [0.25, 0.3) is 5.91 Å². The number of carbonyl (C=O) groups excluding carboxylic acids is 1. The smallest absolute Gasteiger partial charge is 0.276 e.